The molecule has 0 saturated heterocycles. The van der Waals surface area contributed by atoms with Crippen LogP contribution in [-0.4, -0.2) is 55.8 Å². The summed E-state index contributed by atoms with van der Waals surface area (Å²) in [4.78, 5) is 0. The molecule has 9 heteroatoms. The number of hydrogen-bond acceptors (Lipinski definition) is 7. The first-order chi connectivity index (χ1) is 8.83. The molecule has 0 aliphatic rings. The summed E-state index contributed by atoms with van der Waals surface area (Å²) >= 11 is 0. The van der Waals surface area contributed by atoms with E-state index in [-0.39, 0.29) is 11.5 Å². The Balaban J connectivity index is 3.38. The first-order valence-electron chi connectivity index (χ1n) is 5.97. The highest BCUT2D eigenvalue weighted by Crippen LogP contribution is 2.01. The molecule has 0 aliphatic carbocycles. The van der Waals surface area contributed by atoms with Crippen LogP contribution in [-0.2, 0) is 33.3 Å². The van der Waals surface area contributed by atoms with Gasteiger partial charge in [-0.15, -0.1) is 0 Å². The second kappa shape index (κ2) is 9.65. The van der Waals surface area contributed by atoms with Crippen molar-refractivity contribution in [3.63, 3.8) is 0 Å². The van der Waals surface area contributed by atoms with Crippen LogP contribution < -0.4 is 0 Å². The molecular weight excluding hydrogens is 296 g/mol. The number of rotatable bonds is 12. The van der Waals surface area contributed by atoms with Gasteiger partial charge in [-0.3, -0.25) is 8.37 Å². The van der Waals surface area contributed by atoms with Crippen molar-refractivity contribution in [2.75, 3.05) is 38.9 Å². The molecule has 116 valence electrons. The minimum Gasteiger partial charge on any atom is -0.381 e. The molecule has 0 heterocycles. The molecule has 0 saturated carbocycles. The Morgan fingerprint density at radius 1 is 0.684 bits per heavy atom. The molecule has 0 atom stereocenters. The van der Waals surface area contributed by atoms with Crippen LogP contribution in [0.2, 0.25) is 0 Å². The van der Waals surface area contributed by atoms with Gasteiger partial charge in [-0.05, 0) is 25.7 Å². The second-order valence-corrected chi connectivity index (χ2v) is 7.60. The zero-order valence-electron chi connectivity index (χ0n) is 11.3. The number of ether oxygens (including phenoxy) is 1. The van der Waals surface area contributed by atoms with E-state index in [4.69, 9.17) is 4.74 Å². The summed E-state index contributed by atoms with van der Waals surface area (Å²) in [6, 6.07) is 0. The monoisotopic (exact) mass is 318 g/mol. The molecule has 0 rings (SSSR count). The largest absolute Gasteiger partial charge is 0.381 e. The Bertz CT molecular complexity index is 373. The SMILES string of the molecule is COS(=O)(=O)CCCCOCCCCS(=O)(=O)OC. The molecule has 0 amide bonds. The Labute approximate surface area is 115 Å². The van der Waals surface area contributed by atoms with Crippen molar-refractivity contribution in [3.05, 3.63) is 0 Å². The molecule has 0 spiro atoms. The van der Waals surface area contributed by atoms with Gasteiger partial charge in [0.05, 0.1) is 25.7 Å². The van der Waals surface area contributed by atoms with Gasteiger partial charge in [0.15, 0.2) is 0 Å². The molecule has 0 fully saturated rings. The maximum Gasteiger partial charge on any atom is 0.267 e. The third-order valence-corrected chi connectivity index (χ3v) is 4.97. The first kappa shape index (κ1) is 18.8. The first-order valence-corrected chi connectivity index (χ1v) is 9.13. The summed E-state index contributed by atoms with van der Waals surface area (Å²) in [5.41, 5.74) is 0. The van der Waals surface area contributed by atoms with Gasteiger partial charge >= 0.3 is 0 Å². The zero-order chi connectivity index (χ0) is 14.8. The average Bonchev–Trinajstić information content (AvgIpc) is 2.36. The van der Waals surface area contributed by atoms with Gasteiger partial charge in [-0.1, -0.05) is 0 Å². The van der Waals surface area contributed by atoms with E-state index in [9.17, 15) is 16.8 Å². The average molecular weight is 318 g/mol. The van der Waals surface area contributed by atoms with Crippen molar-refractivity contribution in [3.8, 4) is 0 Å². The Hall–Kier alpha value is -0.220. The maximum atomic E-state index is 11.0. The zero-order valence-corrected chi connectivity index (χ0v) is 13.0. The lowest BCUT2D eigenvalue weighted by atomic mass is 10.3. The molecule has 0 aromatic rings. The molecule has 0 aliphatic heterocycles. The molecule has 7 nitrogen and oxygen atoms in total. The van der Waals surface area contributed by atoms with Crippen molar-refractivity contribution in [1.29, 1.82) is 0 Å². The summed E-state index contributed by atoms with van der Waals surface area (Å²) in [6.45, 7) is 0.909. The number of hydrogen-bond donors (Lipinski definition) is 0. The Kier molecular flexibility index (Phi) is 9.54. The van der Waals surface area contributed by atoms with Crippen LogP contribution in [0.3, 0.4) is 0 Å². The fourth-order valence-electron chi connectivity index (χ4n) is 1.23. The fourth-order valence-corrected chi connectivity index (χ4v) is 2.68. The lowest BCUT2D eigenvalue weighted by Gasteiger charge is -2.04. The fraction of sp³-hybridized carbons (Fsp3) is 1.00. The smallest absolute Gasteiger partial charge is 0.267 e. The van der Waals surface area contributed by atoms with Gasteiger partial charge in [0, 0.05) is 13.2 Å². The molecule has 0 radical (unpaired) electrons. The topological polar surface area (TPSA) is 96.0 Å². The van der Waals surface area contributed by atoms with Gasteiger partial charge in [-0.25, -0.2) is 0 Å². The number of unbranched alkanes of at least 4 members (excludes halogenated alkanes) is 2. The van der Waals surface area contributed by atoms with Gasteiger partial charge in [0.1, 0.15) is 0 Å². The van der Waals surface area contributed by atoms with Crippen LogP contribution in [0.4, 0.5) is 0 Å². The van der Waals surface area contributed by atoms with E-state index in [0.717, 1.165) is 14.2 Å². The minimum atomic E-state index is -3.38. The van der Waals surface area contributed by atoms with Crippen molar-refractivity contribution >= 4 is 20.2 Å². The Morgan fingerprint density at radius 2 is 1.05 bits per heavy atom. The second-order valence-electron chi connectivity index (χ2n) is 3.88. The molecule has 19 heavy (non-hydrogen) atoms. The predicted molar refractivity (Wildman–Crippen MR) is 70.9 cm³/mol. The van der Waals surface area contributed by atoms with Gasteiger partial charge in [-0.2, -0.15) is 16.8 Å². The van der Waals surface area contributed by atoms with Crippen LogP contribution in [0.25, 0.3) is 0 Å². The van der Waals surface area contributed by atoms with E-state index < -0.39 is 20.2 Å². The van der Waals surface area contributed by atoms with Crippen LogP contribution in [0.1, 0.15) is 25.7 Å². The molecular formula is C10H22O7S2. The highest BCUT2D eigenvalue weighted by atomic mass is 32.2. The van der Waals surface area contributed by atoms with Crippen molar-refractivity contribution in [2.45, 2.75) is 25.7 Å². The summed E-state index contributed by atoms with van der Waals surface area (Å²) < 4.78 is 57.7. The highest BCUT2D eigenvalue weighted by molar-refractivity contribution is 7.86. The molecule has 0 N–H and O–H groups in total. The van der Waals surface area contributed by atoms with Crippen LogP contribution in [0, 0.1) is 0 Å². The Morgan fingerprint density at radius 3 is 1.37 bits per heavy atom. The van der Waals surface area contributed by atoms with Gasteiger partial charge < -0.3 is 4.74 Å². The predicted octanol–water partition coefficient (Wildman–Crippen LogP) is 0.516. The van der Waals surface area contributed by atoms with Crippen molar-refractivity contribution in [1.82, 2.24) is 0 Å². The quantitative estimate of drug-likeness (QED) is 0.382. The highest BCUT2D eigenvalue weighted by Gasteiger charge is 2.08. The molecule has 0 aromatic heterocycles. The van der Waals surface area contributed by atoms with Crippen LogP contribution >= 0.6 is 0 Å². The third-order valence-electron chi connectivity index (χ3n) is 2.37. The van der Waals surface area contributed by atoms with Gasteiger partial charge in [0.2, 0.25) is 0 Å². The van der Waals surface area contributed by atoms with Crippen molar-refractivity contribution < 1.29 is 29.9 Å². The maximum absolute atomic E-state index is 11.0. The van der Waals surface area contributed by atoms with E-state index >= 15 is 0 Å². The molecule has 0 unspecified atom stereocenters. The normalized spacial score (nSPS) is 12.7. The van der Waals surface area contributed by atoms with E-state index in [1.165, 1.54) is 0 Å². The van der Waals surface area contributed by atoms with Crippen LogP contribution in [0.5, 0.6) is 0 Å². The standard InChI is InChI=1S/C10H22O7S2/c1-15-18(11,12)9-5-3-7-17-8-4-6-10-19(13,14)16-2/h3-10H2,1-2H3. The molecule has 0 aromatic carbocycles. The summed E-state index contributed by atoms with van der Waals surface area (Å²) in [6.07, 6.45) is 2.21. The summed E-state index contributed by atoms with van der Waals surface area (Å²) in [5, 5.41) is 0. The molecule has 0 bridgehead atoms. The summed E-state index contributed by atoms with van der Waals surface area (Å²) in [7, 11) is -4.48. The summed E-state index contributed by atoms with van der Waals surface area (Å²) in [5.74, 6) is -0.0299. The lowest BCUT2D eigenvalue weighted by molar-refractivity contribution is 0.128. The van der Waals surface area contributed by atoms with Crippen molar-refractivity contribution in [2.24, 2.45) is 0 Å². The van der Waals surface area contributed by atoms with E-state index in [1.54, 1.807) is 0 Å². The van der Waals surface area contributed by atoms with E-state index in [1.807, 2.05) is 0 Å². The van der Waals surface area contributed by atoms with Crippen LogP contribution in [0.15, 0.2) is 0 Å². The van der Waals surface area contributed by atoms with E-state index in [2.05, 4.69) is 8.37 Å². The van der Waals surface area contributed by atoms with E-state index in [0.29, 0.717) is 38.9 Å². The van der Waals surface area contributed by atoms with Gasteiger partial charge in [0.25, 0.3) is 20.2 Å². The third kappa shape index (κ3) is 11.3. The lowest BCUT2D eigenvalue weighted by Crippen LogP contribution is -2.10. The minimum absolute atomic E-state index is 0.0149.